The molecule has 0 saturated carbocycles. The van der Waals surface area contributed by atoms with Gasteiger partial charge in [-0.05, 0) is 81.3 Å². The van der Waals surface area contributed by atoms with Crippen LogP contribution < -0.4 is 9.64 Å². The highest BCUT2D eigenvalue weighted by Gasteiger charge is 2.37. The number of nitrogens with zero attached hydrogens (tertiary/aromatic N) is 3. The van der Waals surface area contributed by atoms with Gasteiger partial charge in [-0.2, -0.15) is 0 Å². The van der Waals surface area contributed by atoms with Crippen molar-refractivity contribution in [1.29, 1.82) is 0 Å². The Bertz CT molecular complexity index is 1440. The number of hydrogen-bond donors (Lipinski definition) is 0. The van der Waals surface area contributed by atoms with Gasteiger partial charge in [-0.1, -0.05) is 53.5 Å². The molecule has 2 saturated heterocycles. The highest BCUT2D eigenvalue weighted by Crippen LogP contribution is 2.38. The molecular weight excluding hydrogens is 637 g/mol. The molecule has 0 atom stereocenters. The van der Waals surface area contributed by atoms with E-state index in [9.17, 15) is 14.4 Å². The summed E-state index contributed by atoms with van der Waals surface area (Å²) in [6, 6.07) is 20.7. The molecule has 0 unspecified atom stereocenters. The van der Waals surface area contributed by atoms with Crippen LogP contribution in [-0.4, -0.2) is 59.6 Å². The number of ether oxygens (including phenoxy) is 1. The van der Waals surface area contributed by atoms with Crippen molar-refractivity contribution in [3.05, 3.63) is 97.3 Å². The normalized spacial score (nSPS) is 16.7. The van der Waals surface area contributed by atoms with Gasteiger partial charge in [-0.25, -0.2) is 0 Å². The topological polar surface area (TPSA) is 70.2 Å². The first-order valence-corrected chi connectivity index (χ1v) is 14.8. The lowest BCUT2D eigenvalue weighted by molar-refractivity contribution is -0.136. The Kier molecular flexibility index (Phi) is 9.05. The van der Waals surface area contributed by atoms with Crippen LogP contribution in [0.5, 0.6) is 5.75 Å². The molecule has 40 heavy (non-hydrogen) atoms. The highest BCUT2D eigenvalue weighted by atomic mass is 79.9. The largest absolute Gasteiger partial charge is 0.486 e. The third-order valence-corrected chi connectivity index (χ3v) is 8.56. The monoisotopic (exact) mass is 659 g/mol. The molecule has 2 heterocycles. The molecule has 0 spiro atoms. The van der Waals surface area contributed by atoms with Gasteiger partial charge >= 0.3 is 0 Å². The van der Waals surface area contributed by atoms with E-state index in [1.165, 1.54) is 0 Å². The van der Waals surface area contributed by atoms with Crippen molar-refractivity contribution in [3.8, 4) is 5.75 Å². The minimum Gasteiger partial charge on any atom is -0.486 e. The summed E-state index contributed by atoms with van der Waals surface area (Å²) in [6.45, 7) is 2.44. The summed E-state index contributed by atoms with van der Waals surface area (Å²) < 4.78 is 6.49. The molecule has 11 heteroatoms. The number of hydrogen-bond acceptors (Lipinski definition) is 6. The number of anilines is 1. The van der Waals surface area contributed by atoms with Gasteiger partial charge in [0.25, 0.3) is 11.1 Å². The van der Waals surface area contributed by atoms with Crippen molar-refractivity contribution in [2.75, 3.05) is 37.6 Å². The number of rotatable bonds is 7. The fourth-order valence-electron chi connectivity index (χ4n) is 4.41. The van der Waals surface area contributed by atoms with Gasteiger partial charge in [0, 0.05) is 36.9 Å². The van der Waals surface area contributed by atoms with Crippen LogP contribution in [-0.2, 0) is 16.2 Å². The van der Waals surface area contributed by atoms with Crippen LogP contribution in [0.3, 0.4) is 0 Å². The molecule has 0 aromatic heterocycles. The van der Waals surface area contributed by atoms with Crippen molar-refractivity contribution >= 4 is 79.7 Å². The Balaban J connectivity index is 1.20. The van der Waals surface area contributed by atoms with Crippen molar-refractivity contribution in [1.82, 2.24) is 9.80 Å². The zero-order valence-electron chi connectivity index (χ0n) is 21.2. The second-order valence-corrected chi connectivity index (χ2v) is 11.9. The van der Waals surface area contributed by atoms with Crippen LogP contribution in [0.1, 0.15) is 11.1 Å². The molecule has 3 aromatic rings. The number of amides is 3. The Labute approximate surface area is 254 Å². The molecule has 2 aliphatic rings. The van der Waals surface area contributed by atoms with Crippen LogP contribution in [0.15, 0.2) is 76.1 Å². The van der Waals surface area contributed by atoms with Crippen LogP contribution >= 0.6 is 50.9 Å². The van der Waals surface area contributed by atoms with Gasteiger partial charge in [-0.15, -0.1) is 0 Å². The molecule has 206 valence electrons. The van der Waals surface area contributed by atoms with E-state index in [0.717, 1.165) is 27.9 Å². The van der Waals surface area contributed by atoms with Gasteiger partial charge in [0.15, 0.2) is 5.75 Å². The molecule has 2 fully saturated rings. The smallest absolute Gasteiger partial charge is 0.294 e. The standard InChI is InChI=1S/C29H24BrCl2N3O4S/c30-23-14-20(15-24(32)27(23)39-18-19-6-8-21(31)9-7-19)16-25-28(37)35(29(38)40-25)17-26(36)34-12-10-33(11-13-34)22-4-2-1-3-5-22/h1-9,14-16H,10-13,17-18H2/b25-16+. The third-order valence-electron chi connectivity index (χ3n) is 6.54. The average molecular weight is 661 g/mol. The first kappa shape index (κ1) is 28.5. The zero-order valence-corrected chi connectivity index (χ0v) is 25.1. The SMILES string of the molecule is O=C(CN1C(=O)S/C(=C/c2cc(Cl)c(OCc3ccc(Cl)cc3)c(Br)c2)C1=O)N1CCN(c2ccccc2)CC1. The highest BCUT2D eigenvalue weighted by molar-refractivity contribution is 9.10. The molecular formula is C29H24BrCl2N3O4S. The molecule has 0 radical (unpaired) electrons. The van der Waals surface area contributed by atoms with Gasteiger partial charge in [-0.3, -0.25) is 19.3 Å². The lowest BCUT2D eigenvalue weighted by atomic mass is 10.2. The predicted octanol–water partition coefficient (Wildman–Crippen LogP) is 6.72. The van der Waals surface area contributed by atoms with Crippen LogP contribution in [0.2, 0.25) is 10.0 Å². The Morgan fingerprint density at radius 2 is 1.68 bits per heavy atom. The number of piperazine rings is 1. The summed E-state index contributed by atoms with van der Waals surface area (Å²) in [5.41, 5.74) is 2.65. The first-order chi connectivity index (χ1) is 19.3. The molecule has 3 amide bonds. The fourth-order valence-corrected chi connectivity index (χ4v) is 6.37. The number of para-hydroxylation sites is 1. The third kappa shape index (κ3) is 6.66. The second kappa shape index (κ2) is 12.7. The van der Waals surface area contributed by atoms with E-state index in [4.69, 9.17) is 27.9 Å². The number of imide groups is 1. The fraction of sp³-hybridized carbons (Fsp3) is 0.207. The number of thioether (sulfide) groups is 1. The number of benzene rings is 3. The van der Waals surface area contributed by atoms with E-state index in [2.05, 4.69) is 20.8 Å². The van der Waals surface area contributed by atoms with E-state index >= 15 is 0 Å². The predicted molar refractivity (Wildman–Crippen MR) is 163 cm³/mol. The van der Waals surface area contributed by atoms with E-state index in [-0.39, 0.29) is 17.4 Å². The molecule has 0 bridgehead atoms. The van der Waals surface area contributed by atoms with E-state index in [1.807, 2.05) is 42.5 Å². The lowest BCUT2D eigenvalue weighted by Gasteiger charge is -2.36. The molecule has 3 aromatic carbocycles. The number of halogens is 3. The van der Waals surface area contributed by atoms with Gasteiger partial charge < -0.3 is 14.5 Å². The molecule has 0 N–H and O–H groups in total. The summed E-state index contributed by atoms with van der Waals surface area (Å²) in [5.74, 6) is -0.286. The first-order valence-electron chi connectivity index (χ1n) is 12.5. The number of carbonyl (C=O) groups is 3. The van der Waals surface area contributed by atoms with Crippen molar-refractivity contribution < 1.29 is 19.1 Å². The molecule has 5 rings (SSSR count). The maximum absolute atomic E-state index is 13.1. The molecule has 0 aliphatic carbocycles. The van der Waals surface area contributed by atoms with Gasteiger partial charge in [0.1, 0.15) is 13.2 Å². The average Bonchev–Trinajstić information content (AvgIpc) is 3.21. The summed E-state index contributed by atoms with van der Waals surface area (Å²) in [7, 11) is 0. The van der Waals surface area contributed by atoms with Gasteiger partial charge in [0.2, 0.25) is 5.91 Å². The summed E-state index contributed by atoms with van der Waals surface area (Å²) in [6.07, 6.45) is 1.59. The van der Waals surface area contributed by atoms with E-state index in [0.29, 0.717) is 58.6 Å². The minimum atomic E-state index is -0.499. The summed E-state index contributed by atoms with van der Waals surface area (Å²) in [4.78, 5) is 43.8. The lowest BCUT2D eigenvalue weighted by Crippen LogP contribution is -2.51. The second-order valence-electron chi connectivity index (χ2n) is 9.20. The van der Waals surface area contributed by atoms with E-state index in [1.54, 1.807) is 35.2 Å². The van der Waals surface area contributed by atoms with Crippen LogP contribution in [0.4, 0.5) is 10.5 Å². The number of carbonyl (C=O) groups excluding carboxylic acids is 3. The van der Waals surface area contributed by atoms with Crippen molar-refractivity contribution in [2.24, 2.45) is 0 Å². The van der Waals surface area contributed by atoms with Crippen LogP contribution in [0.25, 0.3) is 6.08 Å². The van der Waals surface area contributed by atoms with Crippen LogP contribution in [0, 0.1) is 0 Å². The van der Waals surface area contributed by atoms with Gasteiger partial charge in [0.05, 0.1) is 14.4 Å². The Hall–Kier alpha value is -2.98. The Morgan fingerprint density at radius 3 is 2.35 bits per heavy atom. The summed E-state index contributed by atoms with van der Waals surface area (Å²) in [5, 5.41) is 0.516. The molecule has 2 aliphatic heterocycles. The van der Waals surface area contributed by atoms with Crippen molar-refractivity contribution in [3.63, 3.8) is 0 Å². The minimum absolute atomic E-state index is 0.226. The zero-order chi connectivity index (χ0) is 28.2. The Morgan fingerprint density at radius 1 is 0.975 bits per heavy atom. The van der Waals surface area contributed by atoms with Crippen molar-refractivity contribution in [2.45, 2.75) is 6.61 Å². The summed E-state index contributed by atoms with van der Waals surface area (Å²) >= 11 is 16.7. The molecule has 7 nitrogen and oxygen atoms in total. The van der Waals surface area contributed by atoms with E-state index < -0.39 is 11.1 Å². The quantitative estimate of drug-likeness (QED) is 0.262. The maximum Gasteiger partial charge on any atom is 0.294 e. The maximum atomic E-state index is 13.1.